The molecule has 1 amide bonds. The second-order valence-electron chi connectivity index (χ2n) is 4.47. The van der Waals surface area contributed by atoms with Crippen molar-refractivity contribution in [2.24, 2.45) is 5.73 Å². The summed E-state index contributed by atoms with van der Waals surface area (Å²) in [5.41, 5.74) is 5.67. The summed E-state index contributed by atoms with van der Waals surface area (Å²) >= 11 is 5.90. The zero-order valence-corrected chi connectivity index (χ0v) is 12.0. The third kappa shape index (κ3) is 4.47. The molecule has 0 spiro atoms. The number of non-ortho nitro benzene ring substituents is 1. The highest BCUT2D eigenvalue weighted by molar-refractivity contribution is 6.34. The second kappa shape index (κ2) is 7.81. The number of halogens is 1. The van der Waals surface area contributed by atoms with E-state index in [4.69, 9.17) is 17.3 Å². The largest absolute Gasteiger partial charge is 0.348 e. The van der Waals surface area contributed by atoms with Crippen LogP contribution in [0.1, 0.15) is 36.5 Å². The lowest BCUT2D eigenvalue weighted by Gasteiger charge is -2.16. The van der Waals surface area contributed by atoms with Crippen molar-refractivity contribution in [1.82, 2.24) is 5.32 Å². The maximum absolute atomic E-state index is 12.1. The van der Waals surface area contributed by atoms with Gasteiger partial charge in [-0.25, -0.2) is 0 Å². The zero-order valence-electron chi connectivity index (χ0n) is 11.3. The Bertz CT molecular complexity index is 494. The highest BCUT2D eigenvalue weighted by atomic mass is 35.5. The number of hydrogen-bond acceptors (Lipinski definition) is 4. The lowest BCUT2D eigenvalue weighted by molar-refractivity contribution is -0.384. The van der Waals surface area contributed by atoms with E-state index in [2.05, 4.69) is 12.2 Å². The molecule has 0 aromatic heterocycles. The van der Waals surface area contributed by atoms with Crippen molar-refractivity contribution in [1.29, 1.82) is 0 Å². The molecule has 0 fully saturated rings. The molecule has 0 radical (unpaired) electrons. The van der Waals surface area contributed by atoms with Crippen molar-refractivity contribution in [3.8, 4) is 0 Å². The summed E-state index contributed by atoms with van der Waals surface area (Å²) in [5, 5.41) is 13.5. The first kappa shape index (κ1) is 16.4. The molecule has 0 saturated heterocycles. The first-order valence-electron chi connectivity index (χ1n) is 6.44. The van der Waals surface area contributed by atoms with E-state index in [0.29, 0.717) is 6.54 Å². The number of nitrogens with one attached hydrogen (secondary N) is 1. The van der Waals surface area contributed by atoms with Crippen molar-refractivity contribution < 1.29 is 9.72 Å². The van der Waals surface area contributed by atoms with E-state index in [1.54, 1.807) is 0 Å². The number of carbonyl (C=O) groups excluding carboxylic acids is 1. The van der Waals surface area contributed by atoms with Crippen LogP contribution in [0.4, 0.5) is 5.69 Å². The van der Waals surface area contributed by atoms with Crippen LogP contribution in [0.3, 0.4) is 0 Å². The highest BCUT2D eigenvalue weighted by Crippen LogP contribution is 2.22. The van der Waals surface area contributed by atoms with E-state index in [-0.39, 0.29) is 28.2 Å². The Labute approximate surface area is 122 Å². The molecule has 3 N–H and O–H groups in total. The minimum absolute atomic E-state index is 0.0583. The van der Waals surface area contributed by atoms with Gasteiger partial charge in [-0.1, -0.05) is 31.4 Å². The molecule has 0 aliphatic rings. The lowest BCUT2D eigenvalue weighted by atomic mass is 10.1. The number of nitro groups is 1. The van der Waals surface area contributed by atoms with Gasteiger partial charge in [0, 0.05) is 24.7 Å². The predicted molar refractivity (Wildman–Crippen MR) is 77.9 cm³/mol. The molecule has 0 heterocycles. The van der Waals surface area contributed by atoms with Gasteiger partial charge in [0.2, 0.25) is 0 Å². The minimum atomic E-state index is -0.558. The van der Waals surface area contributed by atoms with E-state index in [9.17, 15) is 14.9 Å². The van der Waals surface area contributed by atoms with Crippen molar-refractivity contribution >= 4 is 23.2 Å². The van der Waals surface area contributed by atoms with Gasteiger partial charge < -0.3 is 11.1 Å². The average Bonchev–Trinajstić information content (AvgIpc) is 2.42. The third-order valence-electron chi connectivity index (χ3n) is 2.93. The second-order valence-corrected chi connectivity index (χ2v) is 4.88. The first-order valence-corrected chi connectivity index (χ1v) is 6.82. The molecule has 0 aliphatic heterocycles. The zero-order chi connectivity index (χ0) is 15.1. The van der Waals surface area contributed by atoms with Gasteiger partial charge in [0.25, 0.3) is 11.6 Å². The Morgan fingerprint density at radius 1 is 1.55 bits per heavy atom. The molecule has 6 nitrogen and oxygen atoms in total. The fourth-order valence-corrected chi connectivity index (χ4v) is 2.02. The summed E-state index contributed by atoms with van der Waals surface area (Å²) in [6, 6.07) is 3.65. The molecule has 1 atom stereocenters. The van der Waals surface area contributed by atoms with E-state index in [0.717, 1.165) is 19.3 Å². The summed E-state index contributed by atoms with van der Waals surface area (Å²) in [5.74, 6) is -0.364. The topological polar surface area (TPSA) is 98.3 Å². The number of rotatable bonds is 7. The Balaban J connectivity index is 2.79. The fraction of sp³-hybridized carbons (Fsp3) is 0.462. The molecule has 1 aromatic rings. The molecule has 0 aliphatic carbocycles. The standard InChI is InChI=1S/C13H18ClN3O3/c1-2-3-4-9(8-15)16-13(18)11-6-5-10(17(19)20)7-12(11)14/h5-7,9H,2-4,8,15H2,1H3,(H,16,18). The molecule has 1 rings (SSSR count). The molecule has 0 bridgehead atoms. The molecular formula is C13H18ClN3O3. The van der Waals surface area contributed by atoms with Gasteiger partial charge in [-0.15, -0.1) is 0 Å². The number of nitro benzene ring substituents is 1. The average molecular weight is 300 g/mol. The van der Waals surface area contributed by atoms with Crippen LogP contribution in [-0.4, -0.2) is 23.4 Å². The summed E-state index contributed by atoms with van der Waals surface area (Å²) in [6.07, 6.45) is 2.78. The third-order valence-corrected chi connectivity index (χ3v) is 3.25. The Morgan fingerprint density at radius 2 is 2.25 bits per heavy atom. The Kier molecular flexibility index (Phi) is 6.41. The fourth-order valence-electron chi connectivity index (χ4n) is 1.76. The summed E-state index contributed by atoms with van der Waals surface area (Å²) in [4.78, 5) is 22.1. The van der Waals surface area contributed by atoms with Gasteiger partial charge in [0.15, 0.2) is 0 Å². The van der Waals surface area contributed by atoms with Gasteiger partial charge in [-0.05, 0) is 12.5 Å². The maximum Gasteiger partial charge on any atom is 0.270 e. The minimum Gasteiger partial charge on any atom is -0.348 e. The molecule has 1 aromatic carbocycles. The lowest BCUT2D eigenvalue weighted by Crippen LogP contribution is -2.40. The summed E-state index contributed by atoms with van der Waals surface area (Å²) in [6.45, 7) is 2.40. The van der Waals surface area contributed by atoms with Gasteiger partial charge in [0.05, 0.1) is 15.5 Å². The van der Waals surface area contributed by atoms with Crippen LogP contribution in [0.25, 0.3) is 0 Å². The van der Waals surface area contributed by atoms with Crippen molar-refractivity contribution in [3.05, 3.63) is 38.9 Å². The number of amides is 1. The molecule has 7 heteroatoms. The summed E-state index contributed by atoms with van der Waals surface area (Å²) < 4.78 is 0. The van der Waals surface area contributed by atoms with Crippen LogP contribution >= 0.6 is 11.6 Å². The van der Waals surface area contributed by atoms with E-state index in [1.807, 2.05) is 0 Å². The number of carbonyl (C=O) groups is 1. The molecule has 0 saturated carbocycles. The van der Waals surface area contributed by atoms with Crippen LogP contribution in [0.2, 0.25) is 5.02 Å². The van der Waals surface area contributed by atoms with Crippen molar-refractivity contribution in [2.45, 2.75) is 32.2 Å². The molecule has 110 valence electrons. The summed E-state index contributed by atoms with van der Waals surface area (Å²) in [7, 11) is 0. The van der Waals surface area contributed by atoms with Crippen LogP contribution in [0, 0.1) is 10.1 Å². The van der Waals surface area contributed by atoms with Gasteiger partial charge in [0.1, 0.15) is 0 Å². The maximum atomic E-state index is 12.1. The smallest absolute Gasteiger partial charge is 0.270 e. The van der Waals surface area contributed by atoms with E-state index < -0.39 is 4.92 Å². The van der Waals surface area contributed by atoms with Gasteiger partial charge in [-0.3, -0.25) is 14.9 Å². The van der Waals surface area contributed by atoms with Crippen molar-refractivity contribution in [2.75, 3.05) is 6.54 Å². The number of nitrogens with two attached hydrogens (primary N) is 1. The monoisotopic (exact) mass is 299 g/mol. The molecular weight excluding hydrogens is 282 g/mol. The van der Waals surface area contributed by atoms with Gasteiger partial charge >= 0.3 is 0 Å². The van der Waals surface area contributed by atoms with Crippen molar-refractivity contribution in [3.63, 3.8) is 0 Å². The number of nitrogens with zero attached hydrogens (tertiary/aromatic N) is 1. The normalized spacial score (nSPS) is 11.9. The number of benzene rings is 1. The van der Waals surface area contributed by atoms with Crippen LogP contribution in [-0.2, 0) is 0 Å². The Morgan fingerprint density at radius 3 is 2.75 bits per heavy atom. The van der Waals surface area contributed by atoms with Crippen LogP contribution in [0.15, 0.2) is 18.2 Å². The number of hydrogen-bond donors (Lipinski definition) is 2. The quantitative estimate of drug-likeness (QED) is 0.597. The first-order chi connectivity index (χ1) is 9.49. The van der Waals surface area contributed by atoms with Crippen LogP contribution < -0.4 is 11.1 Å². The highest BCUT2D eigenvalue weighted by Gasteiger charge is 2.17. The van der Waals surface area contributed by atoms with E-state index >= 15 is 0 Å². The van der Waals surface area contributed by atoms with Crippen LogP contribution in [0.5, 0.6) is 0 Å². The Hall–Kier alpha value is -1.66. The predicted octanol–water partition coefficient (Wildman–Crippen LogP) is 2.50. The molecule has 1 unspecified atom stereocenters. The van der Waals surface area contributed by atoms with E-state index in [1.165, 1.54) is 18.2 Å². The molecule has 20 heavy (non-hydrogen) atoms. The van der Waals surface area contributed by atoms with Gasteiger partial charge in [-0.2, -0.15) is 0 Å². The number of unbranched alkanes of at least 4 members (excludes halogenated alkanes) is 1. The SMILES string of the molecule is CCCCC(CN)NC(=O)c1ccc([N+](=O)[O-])cc1Cl.